The van der Waals surface area contributed by atoms with Crippen molar-refractivity contribution in [1.29, 1.82) is 0 Å². The van der Waals surface area contributed by atoms with Gasteiger partial charge in [-0.2, -0.15) is 0 Å². The average Bonchev–Trinajstić information content (AvgIpc) is 2.32. The standard InChI is InChI=1S/C12H16N2O3/c15-11-4-2-1-3-9(11)14-8-5-6-13-10(7-8)12(16)17/h5-7,9,11,15H,1-4H2,(H,13,14)(H,16,17). The summed E-state index contributed by atoms with van der Waals surface area (Å²) in [4.78, 5) is 14.5. The minimum Gasteiger partial charge on any atom is -0.477 e. The quantitative estimate of drug-likeness (QED) is 0.740. The highest BCUT2D eigenvalue weighted by Gasteiger charge is 2.22. The maximum Gasteiger partial charge on any atom is 0.354 e. The molecule has 0 radical (unpaired) electrons. The second-order valence-corrected chi connectivity index (χ2v) is 4.34. The number of nitrogens with one attached hydrogen (secondary N) is 1. The van der Waals surface area contributed by atoms with Crippen LogP contribution in [0.5, 0.6) is 0 Å². The molecule has 0 aliphatic heterocycles. The van der Waals surface area contributed by atoms with Crippen molar-refractivity contribution >= 4 is 11.7 Å². The number of aliphatic hydroxyl groups excluding tert-OH is 1. The number of anilines is 1. The van der Waals surface area contributed by atoms with E-state index in [1.165, 1.54) is 12.3 Å². The fourth-order valence-corrected chi connectivity index (χ4v) is 2.13. The Bertz CT molecular complexity index is 408. The zero-order valence-corrected chi connectivity index (χ0v) is 9.47. The Morgan fingerprint density at radius 3 is 2.88 bits per heavy atom. The number of nitrogens with zero attached hydrogens (tertiary/aromatic N) is 1. The highest BCUT2D eigenvalue weighted by molar-refractivity contribution is 5.86. The fraction of sp³-hybridized carbons (Fsp3) is 0.500. The molecule has 2 rings (SSSR count). The molecule has 1 aliphatic carbocycles. The van der Waals surface area contributed by atoms with Gasteiger partial charge in [-0.3, -0.25) is 0 Å². The summed E-state index contributed by atoms with van der Waals surface area (Å²) < 4.78 is 0. The van der Waals surface area contributed by atoms with Gasteiger partial charge in [-0.15, -0.1) is 0 Å². The number of pyridine rings is 1. The Hall–Kier alpha value is -1.62. The summed E-state index contributed by atoms with van der Waals surface area (Å²) in [6, 6.07) is 3.21. The molecule has 2 atom stereocenters. The van der Waals surface area contributed by atoms with Crippen LogP contribution in [0.1, 0.15) is 36.2 Å². The van der Waals surface area contributed by atoms with E-state index in [0.717, 1.165) is 25.7 Å². The van der Waals surface area contributed by atoms with Crippen molar-refractivity contribution in [2.75, 3.05) is 5.32 Å². The molecule has 1 aromatic heterocycles. The van der Waals surface area contributed by atoms with Gasteiger partial charge >= 0.3 is 5.97 Å². The molecular formula is C12H16N2O3. The lowest BCUT2D eigenvalue weighted by molar-refractivity contribution is 0.0690. The molecule has 1 aliphatic rings. The van der Waals surface area contributed by atoms with Crippen LogP contribution in [0.25, 0.3) is 0 Å². The number of aliphatic hydroxyl groups is 1. The normalized spacial score (nSPS) is 24.3. The Labute approximate surface area is 99.5 Å². The van der Waals surface area contributed by atoms with Crippen LogP contribution in [0.2, 0.25) is 0 Å². The van der Waals surface area contributed by atoms with Gasteiger partial charge in [0, 0.05) is 11.9 Å². The third kappa shape index (κ3) is 2.94. The van der Waals surface area contributed by atoms with Crippen LogP contribution in [0, 0.1) is 0 Å². The average molecular weight is 236 g/mol. The first-order valence-electron chi connectivity index (χ1n) is 5.81. The summed E-state index contributed by atoms with van der Waals surface area (Å²) in [6.45, 7) is 0. The molecule has 0 bridgehead atoms. The van der Waals surface area contributed by atoms with E-state index in [4.69, 9.17) is 5.11 Å². The molecule has 1 heterocycles. The van der Waals surface area contributed by atoms with E-state index in [1.807, 2.05) is 0 Å². The van der Waals surface area contributed by atoms with Crippen LogP contribution in [0.3, 0.4) is 0 Å². The first kappa shape index (κ1) is 11.9. The van der Waals surface area contributed by atoms with E-state index in [1.54, 1.807) is 6.07 Å². The van der Waals surface area contributed by atoms with Crippen LogP contribution in [0.15, 0.2) is 18.3 Å². The molecule has 5 heteroatoms. The van der Waals surface area contributed by atoms with Gasteiger partial charge in [0.2, 0.25) is 0 Å². The van der Waals surface area contributed by atoms with Crippen molar-refractivity contribution in [1.82, 2.24) is 4.98 Å². The summed E-state index contributed by atoms with van der Waals surface area (Å²) >= 11 is 0. The molecule has 3 N–H and O–H groups in total. The molecule has 1 fully saturated rings. The maximum absolute atomic E-state index is 10.8. The second-order valence-electron chi connectivity index (χ2n) is 4.34. The predicted molar refractivity (Wildman–Crippen MR) is 63.1 cm³/mol. The van der Waals surface area contributed by atoms with E-state index in [2.05, 4.69) is 10.3 Å². The molecule has 1 aromatic rings. The number of carboxylic acids is 1. The molecule has 1 saturated carbocycles. The van der Waals surface area contributed by atoms with Gasteiger partial charge in [-0.25, -0.2) is 9.78 Å². The van der Waals surface area contributed by atoms with Gasteiger partial charge in [0.25, 0.3) is 0 Å². The van der Waals surface area contributed by atoms with E-state index in [9.17, 15) is 9.90 Å². The highest BCUT2D eigenvalue weighted by atomic mass is 16.4. The van der Waals surface area contributed by atoms with Gasteiger partial charge in [0.05, 0.1) is 12.1 Å². The first-order chi connectivity index (χ1) is 8.16. The summed E-state index contributed by atoms with van der Waals surface area (Å²) in [5.41, 5.74) is 0.712. The van der Waals surface area contributed by atoms with Crippen molar-refractivity contribution < 1.29 is 15.0 Å². The van der Waals surface area contributed by atoms with Crippen molar-refractivity contribution in [3.05, 3.63) is 24.0 Å². The topological polar surface area (TPSA) is 82.5 Å². The largest absolute Gasteiger partial charge is 0.477 e. The number of hydrogen-bond donors (Lipinski definition) is 3. The first-order valence-corrected chi connectivity index (χ1v) is 5.81. The van der Waals surface area contributed by atoms with Gasteiger partial charge in [0.15, 0.2) is 0 Å². The van der Waals surface area contributed by atoms with E-state index in [-0.39, 0.29) is 17.8 Å². The summed E-state index contributed by atoms with van der Waals surface area (Å²) in [6.07, 6.45) is 4.95. The Kier molecular flexibility index (Phi) is 3.58. The molecule has 0 aromatic carbocycles. The van der Waals surface area contributed by atoms with Crippen LogP contribution < -0.4 is 5.32 Å². The molecule has 2 unspecified atom stereocenters. The van der Waals surface area contributed by atoms with Gasteiger partial charge in [0.1, 0.15) is 5.69 Å². The molecule has 5 nitrogen and oxygen atoms in total. The smallest absolute Gasteiger partial charge is 0.354 e. The minimum absolute atomic E-state index is 0.00722. The fourth-order valence-electron chi connectivity index (χ4n) is 2.13. The number of carboxylic acid groups (broad SMARTS) is 1. The van der Waals surface area contributed by atoms with Crippen molar-refractivity contribution in [2.24, 2.45) is 0 Å². The molecule has 92 valence electrons. The Balaban J connectivity index is 2.07. The van der Waals surface area contributed by atoms with Crippen LogP contribution >= 0.6 is 0 Å². The second kappa shape index (κ2) is 5.14. The zero-order chi connectivity index (χ0) is 12.3. The number of aromatic nitrogens is 1. The number of rotatable bonds is 3. The predicted octanol–water partition coefficient (Wildman–Crippen LogP) is 1.50. The summed E-state index contributed by atoms with van der Waals surface area (Å²) in [7, 11) is 0. The Morgan fingerprint density at radius 2 is 2.18 bits per heavy atom. The number of hydrogen-bond acceptors (Lipinski definition) is 4. The van der Waals surface area contributed by atoms with Crippen LogP contribution in [0.4, 0.5) is 5.69 Å². The highest BCUT2D eigenvalue weighted by Crippen LogP contribution is 2.22. The lowest BCUT2D eigenvalue weighted by Crippen LogP contribution is -2.36. The van der Waals surface area contributed by atoms with Crippen molar-refractivity contribution in [3.63, 3.8) is 0 Å². The van der Waals surface area contributed by atoms with Crippen LogP contribution in [-0.4, -0.2) is 33.3 Å². The van der Waals surface area contributed by atoms with Gasteiger partial charge in [-0.05, 0) is 25.0 Å². The number of aromatic carboxylic acids is 1. The summed E-state index contributed by atoms with van der Waals surface area (Å²) in [5, 5.41) is 21.8. The molecule has 0 spiro atoms. The van der Waals surface area contributed by atoms with E-state index < -0.39 is 5.97 Å². The molecular weight excluding hydrogens is 220 g/mol. The third-order valence-electron chi connectivity index (χ3n) is 3.06. The number of carbonyl (C=O) groups is 1. The van der Waals surface area contributed by atoms with Crippen molar-refractivity contribution in [3.8, 4) is 0 Å². The molecule has 0 saturated heterocycles. The Morgan fingerprint density at radius 1 is 1.41 bits per heavy atom. The van der Waals surface area contributed by atoms with E-state index >= 15 is 0 Å². The lowest BCUT2D eigenvalue weighted by Gasteiger charge is -2.29. The zero-order valence-electron chi connectivity index (χ0n) is 9.47. The van der Waals surface area contributed by atoms with Gasteiger partial charge in [-0.1, -0.05) is 12.8 Å². The molecule has 17 heavy (non-hydrogen) atoms. The molecule has 0 amide bonds. The maximum atomic E-state index is 10.8. The van der Waals surface area contributed by atoms with Gasteiger partial charge < -0.3 is 15.5 Å². The monoisotopic (exact) mass is 236 g/mol. The SMILES string of the molecule is O=C(O)c1cc(NC2CCCCC2O)ccn1. The van der Waals surface area contributed by atoms with Crippen molar-refractivity contribution in [2.45, 2.75) is 37.8 Å². The van der Waals surface area contributed by atoms with E-state index in [0.29, 0.717) is 5.69 Å². The minimum atomic E-state index is -1.04. The lowest BCUT2D eigenvalue weighted by atomic mass is 9.92. The summed E-state index contributed by atoms with van der Waals surface area (Å²) in [5.74, 6) is -1.04. The van der Waals surface area contributed by atoms with Crippen LogP contribution in [-0.2, 0) is 0 Å². The third-order valence-corrected chi connectivity index (χ3v) is 3.06.